The standard InChI is InChI=1S/C28H33NO6S/c1-16(2)34-10-11-35-28(31)25-17(3)29-20-13-19(24-7-6-12-36-24)14-21(30)27(20)26(25)18-8-9-22(32-4)23(15-18)33-5/h6-9,12,15-16,19,26,29H,10-11,13-14H2,1-5H3/t19-,26+/m0/s1. The first-order chi connectivity index (χ1) is 17.3. The normalized spacial score (nSPS) is 19.8. The van der Waals surface area contributed by atoms with Crippen LogP contribution < -0.4 is 14.8 Å². The Morgan fingerprint density at radius 3 is 2.56 bits per heavy atom. The molecule has 0 fully saturated rings. The predicted octanol–water partition coefficient (Wildman–Crippen LogP) is 5.10. The van der Waals surface area contributed by atoms with Crippen molar-refractivity contribution in [3.05, 3.63) is 68.7 Å². The second-order valence-electron chi connectivity index (χ2n) is 9.20. The van der Waals surface area contributed by atoms with Gasteiger partial charge in [-0.1, -0.05) is 12.1 Å². The van der Waals surface area contributed by atoms with Crippen LogP contribution in [0.2, 0.25) is 0 Å². The summed E-state index contributed by atoms with van der Waals surface area (Å²) in [5.74, 6) is 0.217. The average molecular weight is 512 g/mol. The summed E-state index contributed by atoms with van der Waals surface area (Å²) in [6, 6.07) is 9.60. The number of methoxy groups -OCH3 is 2. The summed E-state index contributed by atoms with van der Waals surface area (Å²) in [5, 5.41) is 5.42. The van der Waals surface area contributed by atoms with Crippen molar-refractivity contribution in [3.63, 3.8) is 0 Å². The lowest BCUT2D eigenvalue weighted by Crippen LogP contribution is -2.36. The fraction of sp³-hybridized carbons (Fsp3) is 0.429. The molecule has 1 aliphatic carbocycles. The highest BCUT2D eigenvalue weighted by atomic mass is 32.1. The number of benzene rings is 1. The minimum atomic E-state index is -0.573. The van der Waals surface area contributed by atoms with Crippen LogP contribution in [0, 0.1) is 0 Å². The number of hydrogen-bond donors (Lipinski definition) is 1. The number of hydrogen-bond acceptors (Lipinski definition) is 8. The molecule has 7 nitrogen and oxygen atoms in total. The largest absolute Gasteiger partial charge is 0.493 e. The second-order valence-corrected chi connectivity index (χ2v) is 10.2. The number of carbonyl (C=O) groups excluding carboxylic acids is 2. The number of nitrogens with one attached hydrogen (secondary N) is 1. The monoisotopic (exact) mass is 511 g/mol. The number of thiophene rings is 1. The van der Waals surface area contributed by atoms with Crippen LogP contribution in [0.25, 0.3) is 0 Å². The zero-order chi connectivity index (χ0) is 25.8. The molecular weight excluding hydrogens is 478 g/mol. The van der Waals surface area contributed by atoms with Crippen LogP contribution in [0.15, 0.2) is 58.3 Å². The third-order valence-corrected chi connectivity index (χ3v) is 7.54. The molecule has 192 valence electrons. The van der Waals surface area contributed by atoms with E-state index >= 15 is 0 Å². The summed E-state index contributed by atoms with van der Waals surface area (Å²) in [5.41, 5.74) is 3.36. The number of allylic oxidation sites excluding steroid dienone is 3. The first-order valence-electron chi connectivity index (χ1n) is 12.1. The molecule has 0 unspecified atom stereocenters. The Morgan fingerprint density at radius 1 is 1.11 bits per heavy atom. The van der Waals surface area contributed by atoms with Crippen LogP contribution in [0.4, 0.5) is 0 Å². The molecule has 1 N–H and O–H groups in total. The van der Waals surface area contributed by atoms with Crippen molar-refractivity contribution >= 4 is 23.1 Å². The Bertz CT molecular complexity index is 1180. The summed E-state index contributed by atoms with van der Waals surface area (Å²) in [7, 11) is 3.14. The topological polar surface area (TPSA) is 83.1 Å². The molecule has 8 heteroatoms. The quantitative estimate of drug-likeness (QED) is 0.371. The third kappa shape index (κ3) is 5.34. The first kappa shape index (κ1) is 26.0. The molecule has 2 aromatic rings. The highest BCUT2D eigenvalue weighted by Crippen LogP contribution is 2.47. The molecule has 2 aliphatic rings. The maximum atomic E-state index is 13.7. The Hall–Kier alpha value is -3.10. The molecule has 1 aromatic heterocycles. The van der Waals surface area contributed by atoms with Crippen molar-refractivity contribution in [1.29, 1.82) is 0 Å². The van der Waals surface area contributed by atoms with Gasteiger partial charge in [0, 0.05) is 40.1 Å². The van der Waals surface area contributed by atoms with Crippen LogP contribution in [-0.2, 0) is 19.1 Å². The summed E-state index contributed by atoms with van der Waals surface area (Å²) >= 11 is 1.67. The summed E-state index contributed by atoms with van der Waals surface area (Å²) in [6.07, 6.45) is 1.14. The van der Waals surface area contributed by atoms with Crippen LogP contribution in [0.5, 0.6) is 11.5 Å². The Morgan fingerprint density at radius 2 is 1.89 bits per heavy atom. The van der Waals surface area contributed by atoms with Crippen molar-refractivity contribution in [3.8, 4) is 11.5 Å². The average Bonchev–Trinajstić information content (AvgIpc) is 3.40. The first-order valence-corrected chi connectivity index (χ1v) is 13.0. The van der Waals surface area contributed by atoms with E-state index in [2.05, 4.69) is 11.4 Å². The maximum absolute atomic E-state index is 13.7. The molecule has 2 atom stereocenters. The minimum absolute atomic E-state index is 0.0304. The van der Waals surface area contributed by atoms with E-state index in [1.54, 1.807) is 31.6 Å². The van der Waals surface area contributed by atoms with Crippen molar-refractivity contribution in [2.75, 3.05) is 27.4 Å². The van der Waals surface area contributed by atoms with Crippen LogP contribution in [0.1, 0.15) is 55.9 Å². The van der Waals surface area contributed by atoms with E-state index < -0.39 is 11.9 Å². The summed E-state index contributed by atoms with van der Waals surface area (Å²) in [6.45, 7) is 6.15. The number of Topliss-reactive ketones (excluding diaryl/α,β-unsaturated/α-hetero) is 1. The number of ketones is 1. The zero-order valence-electron chi connectivity index (χ0n) is 21.4. The predicted molar refractivity (Wildman–Crippen MR) is 138 cm³/mol. The highest BCUT2D eigenvalue weighted by molar-refractivity contribution is 7.10. The molecule has 1 aromatic carbocycles. The molecule has 0 saturated carbocycles. The van der Waals surface area contributed by atoms with Gasteiger partial charge in [0.25, 0.3) is 0 Å². The van der Waals surface area contributed by atoms with Crippen LogP contribution in [-0.4, -0.2) is 45.3 Å². The molecule has 36 heavy (non-hydrogen) atoms. The Balaban J connectivity index is 1.73. The van der Waals surface area contributed by atoms with E-state index in [-0.39, 0.29) is 24.4 Å². The summed E-state index contributed by atoms with van der Waals surface area (Å²) in [4.78, 5) is 28.2. The van der Waals surface area contributed by atoms with Gasteiger partial charge in [-0.2, -0.15) is 0 Å². The third-order valence-electron chi connectivity index (χ3n) is 6.50. The van der Waals surface area contributed by atoms with Crippen molar-refractivity contribution in [2.24, 2.45) is 0 Å². The lowest BCUT2D eigenvalue weighted by molar-refractivity contribution is -0.141. The van der Waals surface area contributed by atoms with Crippen molar-refractivity contribution < 1.29 is 28.5 Å². The molecule has 0 bridgehead atoms. The molecule has 0 spiro atoms. The van der Waals surface area contributed by atoms with Gasteiger partial charge in [0.1, 0.15) is 6.61 Å². The SMILES string of the molecule is COc1ccc([C@@H]2C(C(=O)OCCOC(C)C)=C(C)NC3=C2C(=O)C[C@@H](c2cccs2)C3)cc1OC. The highest BCUT2D eigenvalue weighted by Gasteiger charge is 2.41. The van der Waals surface area contributed by atoms with Gasteiger partial charge in [0.05, 0.1) is 32.5 Å². The minimum Gasteiger partial charge on any atom is -0.493 e. The van der Waals surface area contributed by atoms with E-state index in [9.17, 15) is 9.59 Å². The molecule has 0 radical (unpaired) electrons. The van der Waals surface area contributed by atoms with E-state index in [1.807, 2.05) is 44.4 Å². The van der Waals surface area contributed by atoms with E-state index in [1.165, 1.54) is 4.88 Å². The molecule has 4 rings (SSSR count). The number of carbonyl (C=O) groups is 2. The number of esters is 1. The molecule has 0 amide bonds. The number of rotatable bonds is 9. The molecule has 1 aliphatic heterocycles. The summed E-state index contributed by atoms with van der Waals surface area (Å²) < 4.78 is 22.1. The number of dihydropyridines is 1. The van der Waals surface area contributed by atoms with Crippen LogP contribution >= 0.6 is 11.3 Å². The fourth-order valence-electron chi connectivity index (χ4n) is 4.90. The fourth-order valence-corrected chi connectivity index (χ4v) is 5.73. The van der Waals surface area contributed by atoms with Gasteiger partial charge in [-0.15, -0.1) is 11.3 Å². The van der Waals surface area contributed by atoms with Gasteiger partial charge >= 0.3 is 5.97 Å². The smallest absolute Gasteiger partial charge is 0.336 e. The van der Waals surface area contributed by atoms with E-state index in [0.29, 0.717) is 47.8 Å². The van der Waals surface area contributed by atoms with Gasteiger partial charge in [-0.25, -0.2) is 4.79 Å². The molecular formula is C28H33NO6S. The second kappa shape index (κ2) is 11.3. The van der Waals surface area contributed by atoms with Gasteiger partial charge < -0.3 is 24.3 Å². The zero-order valence-corrected chi connectivity index (χ0v) is 22.2. The van der Waals surface area contributed by atoms with Crippen molar-refractivity contribution in [2.45, 2.75) is 51.6 Å². The van der Waals surface area contributed by atoms with Gasteiger partial charge in [-0.3, -0.25) is 4.79 Å². The van der Waals surface area contributed by atoms with Crippen molar-refractivity contribution in [1.82, 2.24) is 5.32 Å². The lowest BCUT2D eigenvalue weighted by atomic mass is 9.72. The lowest BCUT2D eigenvalue weighted by Gasteiger charge is -2.36. The molecule has 2 heterocycles. The molecule has 0 saturated heterocycles. The number of ether oxygens (including phenoxy) is 4. The maximum Gasteiger partial charge on any atom is 0.336 e. The van der Waals surface area contributed by atoms with Gasteiger partial charge in [-0.05, 0) is 56.3 Å². The Labute approximate surface area is 216 Å². The van der Waals surface area contributed by atoms with Gasteiger partial charge in [0.15, 0.2) is 17.3 Å². The van der Waals surface area contributed by atoms with Gasteiger partial charge in [0.2, 0.25) is 0 Å². The van der Waals surface area contributed by atoms with Crippen LogP contribution in [0.3, 0.4) is 0 Å². The van der Waals surface area contributed by atoms with E-state index in [4.69, 9.17) is 18.9 Å². The Kier molecular flexibility index (Phi) is 8.16. The van der Waals surface area contributed by atoms with E-state index in [0.717, 1.165) is 11.3 Å².